The molecule has 1 atom stereocenters. The van der Waals surface area contributed by atoms with E-state index in [0.29, 0.717) is 22.8 Å². The van der Waals surface area contributed by atoms with E-state index in [1.165, 1.54) is 5.57 Å². The van der Waals surface area contributed by atoms with Gasteiger partial charge in [0, 0.05) is 13.1 Å². The summed E-state index contributed by atoms with van der Waals surface area (Å²) < 4.78 is 13.6. The lowest BCUT2D eigenvalue weighted by Crippen LogP contribution is -2.48. The van der Waals surface area contributed by atoms with E-state index in [4.69, 9.17) is 9.31 Å². The van der Waals surface area contributed by atoms with Crippen LogP contribution in [0.25, 0.3) is 0 Å². The van der Waals surface area contributed by atoms with Gasteiger partial charge in [-0.1, -0.05) is 36.4 Å². The van der Waals surface area contributed by atoms with Gasteiger partial charge in [0.1, 0.15) is 10.3 Å². The van der Waals surface area contributed by atoms with Gasteiger partial charge in [-0.3, -0.25) is 4.79 Å². The molecule has 0 aliphatic carbocycles. The van der Waals surface area contributed by atoms with Crippen LogP contribution >= 0.6 is 15.9 Å². The van der Waals surface area contributed by atoms with Crippen molar-refractivity contribution in [3.05, 3.63) is 64.3 Å². The van der Waals surface area contributed by atoms with E-state index in [-0.39, 0.29) is 11.5 Å². The second-order valence-electron chi connectivity index (χ2n) is 10.5. The molecule has 2 aliphatic heterocycles. The number of amides is 1. The van der Waals surface area contributed by atoms with Crippen molar-refractivity contribution in [3.8, 4) is 0 Å². The van der Waals surface area contributed by atoms with Gasteiger partial charge in [-0.05, 0) is 106 Å². The standard InChI is InChI=1S/C27H39BBrN3O3/c1-7-22(12-11-20(2)3)28-34-26(4,5)27(6,35-28)19-21-13-16-32(17-14-21)18-15-30-25(33)23-9-8-10-24(29)31-23/h7-12,21H,1,13-19H2,2-6H3,(H,30,33)/b22-12+. The highest BCUT2D eigenvalue weighted by Gasteiger charge is 2.55. The van der Waals surface area contributed by atoms with Crippen LogP contribution in [-0.2, 0) is 9.31 Å². The summed E-state index contributed by atoms with van der Waals surface area (Å²) in [5, 5.41) is 2.98. The lowest BCUT2D eigenvalue weighted by atomic mass is 9.76. The number of nitrogens with one attached hydrogen (secondary N) is 1. The second-order valence-corrected chi connectivity index (χ2v) is 11.3. The van der Waals surface area contributed by atoms with E-state index in [2.05, 4.69) is 78.4 Å². The molecule has 8 heteroatoms. The summed E-state index contributed by atoms with van der Waals surface area (Å²) in [7, 11) is -0.397. The third-order valence-electron chi connectivity index (χ3n) is 7.21. The van der Waals surface area contributed by atoms with Crippen molar-refractivity contribution in [1.29, 1.82) is 0 Å². The van der Waals surface area contributed by atoms with Gasteiger partial charge in [0.05, 0.1) is 11.2 Å². The molecule has 3 heterocycles. The number of halogens is 1. The quantitative estimate of drug-likeness (QED) is 0.258. The zero-order valence-corrected chi connectivity index (χ0v) is 23.4. The van der Waals surface area contributed by atoms with Gasteiger partial charge in [0.2, 0.25) is 0 Å². The lowest BCUT2D eigenvalue weighted by molar-refractivity contribution is -0.0331. The minimum Gasteiger partial charge on any atom is -0.399 e. The first kappa shape index (κ1) is 27.8. The maximum atomic E-state index is 12.3. The Labute approximate surface area is 219 Å². The van der Waals surface area contributed by atoms with Crippen LogP contribution in [0.15, 0.2) is 58.7 Å². The van der Waals surface area contributed by atoms with Crippen LogP contribution in [0, 0.1) is 5.92 Å². The van der Waals surface area contributed by atoms with E-state index < -0.39 is 12.7 Å². The maximum Gasteiger partial charge on any atom is 0.494 e. The van der Waals surface area contributed by atoms with E-state index in [9.17, 15) is 4.79 Å². The molecule has 35 heavy (non-hydrogen) atoms. The Morgan fingerprint density at radius 2 is 1.97 bits per heavy atom. The monoisotopic (exact) mass is 543 g/mol. The van der Waals surface area contributed by atoms with Crippen LogP contribution in [-0.4, -0.2) is 60.3 Å². The van der Waals surface area contributed by atoms with Gasteiger partial charge in [0.25, 0.3) is 5.91 Å². The Balaban J connectivity index is 1.48. The van der Waals surface area contributed by atoms with Crippen LogP contribution in [0.2, 0.25) is 0 Å². The molecule has 2 aliphatic rings. The highest BCUT2D eigenvalue weighted by Crippen LogP contribution is 2.44. The number of carbonyl (C=O) groups is 1. The summed E-state index contributed by atoms with van der Waals surface area (Å²) in [6, 6.07) is 5.35. The van der Waals surface area contributed by atoms with Gasteiger partial charge < -0.3 is 19.5 Å². The number of aromatic nitrogens is 1. The average Bonchev–Trinajstić information content (AvgIpc) is 3.03. The summed E-state index contributed by atoms with van der Waals surface area (Å²) in [5.41, 5.74) is 1.84. The lowest BCUT2D eigenvalue weighted by Gasteiger charge is -2.41. The van der Waals surface area contributed by atoms with Crippen LogP contribution < -0.4 is 5.32 Å². The molecule has 0 radical (unpaired) electrons. The number of nitrogens with zero attached hydrogens (tertiary/aromatic N) is 2. The Kier molecular flexibility index (Phi) is 9.55. The van der Waals surface area contributed by atoms with Crippen LogP contribution in [0.4, 0.5) is 0 Å². The Bertz CT molecular complexity index is 968. The predicted octanol–water partition coefficient (Wildman–Crippen LogP) is 5.37. The summed E-state index contributed by atoms with van der Waals surface area (Å²) in [6.07, 6.45) is 9.13. The zero-order chi connectivity index (χ0) is 25.6. The Morgan fingerprint density at radius 3 is 2.60 bits per heavy atom. The smallest absolute Gasteiger partial charge is 0.399 e. The summed E-state index contributed by atoms with van der Waals surface area (Å²) >= 11 is 3.31. The molecule has 0 spiro atoms. The highest BCUT2D eigenvalue weighted by atomic mass is 79.9. The fourth-order valence-electron chi connectivity index (χ4n) is 4.65. The minimum absolute atomic E-state index is 0.137. The van der Waals surface area contributed by atoms with Crippen molar-refractivity contribution in [1.82, 2.24) is 15.2 Å². The van der Waals surface area contributed by atoms with Crippen molar-refractivity contribution >= 4 is 29.0 Å². The highest BCUT2D eigenvalue weighted by molar-refractivity contribution is 9.10. The number of rotatable bonds is 9. The largest absolute Gasteiger partial charge is 0.494 e. The molecule has 6 nitrogen and oxygen atoms in total. The molecular weight excluding hydrogens is 505 g/mol. The topological polar surface area (TPSA) is 63.7 Å². The van der Waals surface area contributed by atoms with Crippen molar-refractivity contribution in [2.45, 2.75) is 65.1 Å². The molecular formula is C27H39BBrN3O3. The SMILES string of the molecule is C=C/C(=C\C=C(C)C)B1OC(C)(C)C(C)(CC2CCN(CCNC(=O)c3cccc(Br)n3)CC2)O1. The number of pyridine rings is 1. The molecule has 2 saturated heterocycles. The molecule has 3 rings (SSSR count). The first-order valence-electron chi connectivity index (χ1n) is 12.5. The number of piperidine rings is 1. The van der Waals surface area contributed by atoms with E-state index in [0.717, 1.165) is 44.4 Å². The number of hydrogen-bond donors (Lipinski definition) is 1. The van der Waals surface area contributed by atoms with E-state index in [1.54, 1.807) is 6.07 Å². The molecule has 1 N–H and O–H groups in total. The molecule has 1 aromatic rings. The van der Waals surface area contributed by atoms with Gasteiger partial charge in [-0.2, -0.15) is 0 Å². The summed E-state index contributed by atoms with van der Waals surface area (Å²) in [5.74, 6) is 0.439. The summed E-state index contributed by atoms with van der Waals surface area (Å²) in [6.45, 7) is 18.1. The van der Waals surface area contributed by atoms with Crippen LogP contribution in [0.1, 0.15) is 64.4 Å². The molecule has 1 amide bonds. The van der Waals surface area contributed by atoms with Gasteiger partial charge in [-0.15, -0.1) is 0 Å². The van der Waals surface area contributed by atoms with Crippen LogP contribution in [0.3, 0.4) is 0 Å². The fourth-order valence-corrected chi connectivity index (χ4v) is 4.99. The molecule has 1 aromatic heterocycles. The maximum absolute atomic E-state index is 12.3. The number of likely N-dealkylation sites (tertiary alicyclic amines) is 1. The van der Waals surface area contributed by atoms with Crippen molar-refractivity contribution in [3.63, 3.8) is 0 Å². The molecule has 1 unspecified atom stereocenters. The van der Waals surface area contributed by atoms with Crippen molar-refractivity contribution in [2.75, 3.05) is 26.2 Å². The molecule has 0 saturated carbocycles. The van der Waals surface area contributed by atoms with Crippen molar-refractivity contribution < 1.29 is 14.1 Å². The first-order chi connectivity index (χ1) is 16.5. The normalized spacial score (nSPS) is 23.3. The third kappa shape index (κ3) is 7.38. The molecule has 0 aromatic carbocycles. The first-order valence-corrected chi connectivity index (χ1v) is 13.3. The van der Waals surface area contributed by atoms with Gasteiger partial charge in [-0.25, -0.2) is 4.98 Å². The number of allylic oxidation sites excluding steroid dienone is 5. The fraction of sp³-hybridized carbons (Fsp3) is 0.556. The van der Waals surface area contributed by atoms with Gasteiger partial charge in [0.15, 0.2) is 0 Å². The predicted molar refractivity (Wildman–Crippen MR) is 146 cm³/mol. The second kappa shape index (κ2) is 12.0. The number of hydrogen-bond acceptors (Lipinski definition) is 5. The molecule has 190 valence electrons. The summed E-state index contributed by atoms with van der Waals surface area (Å²) in [4.78, 5) is 18.9. The van der Waals surface area contributed by atoms with Crippen LogP contribution in [0.5, 0.6) is 0 Å². The van der Waals surface area contributed by atoms with E-state index >= 15 is 0 Å². The Hall–Kier alpha value is -1.74. The number of carbonyl (C=O) groups excluding carboxylic acids is 1. The zero-order valence-electron chi connectivity index (χ0n) is 21.8. The van der Waals surface area contributed by atoms with Gasteiger partial charge >= 0.3 is 7.12 Å². The minimum atomic E-state index is -0.397. The average molecular weight is 544 g/mol. The third-order valence-corrected chi connectivity index (χ3v) is 7.65. The molecule has 2 fully saturated rings. The van der Waals surface area contributed by atoms with E-state index in [1.807, 2.05) is 24.3 Å². The Morgan fingerprint density at radius 1 is 1.26 bits per heavy atom. The van der Waals surface area contributed by atoms with Crippen molar-refractivity contribution in [2.24, 2.45) is 5.92 Å². The molecule has 0 bridgehead atoms.